The van der Waals surface area contributed by atoms with E-state index in [0.29, 0.717) is 19.0 Å². The van der Waals surface area contributed by atoms with E-state index < -0.39 is 5.60 Å². The Labute approximate surface area is 104 Å². The fraction of sp³-hybridized carbons (Fsp3) is 0.929. The molecule has 0 aromatic heterocycles. The Kier molecular flexibility index (Phi) is 3.48. The van der Waals surface area contributed by atoms with E-state index in [1.54, 1.807) is 13.8 Å². The van der Waals surface area contributed by atoms with E-state index in [4.69, 9.17) is 0 Å². The summed E-state index contributed by atoms with van der Waals surface area (Å²) < 4.78 is 0. The Morgan fingerprint density at radius 1 is 1.35 bits per heavy atom. The zero-order valence-corrected chi connectivity index (χ0v) is 11.3. The Hall–Kier alpha value is -0.570. The smallest absolute Gasteiger partial charge is 0.226 e. The predicted molar refractivity (Wildman–Crippen MR) is 67.5 cm³/mol. The van der Waals surface area contributed by atoms with Crippen molar-refractivity contribution in [1.82, 2.24) is 4.90 Å². The summed E-state index contributed by atoms with van der Waals surface area (Å²) in [4.78, 5) is 14.3. The predicted octanol–water partition coefficient (Wildman–Crippen LogP) is 2.04. The van der Waals surface area contributed by atoms with Crippen LogP contribution >= 0.6 is 0 Å². The Bertz CT molecular complexity index is 295. The monoisotopic (exact) mass is 239 g/mol. The Balaban J connectivity index is 1.98. The lowest BCUT2D eigenvalue weighted by molar-refractivity contribution is -0.140. The Morgan fingerprint density at radius 2 is 2.06 bits per heavy atom. The summed E-state index contributed by atoms with van der Waals surface area (Å²) in [5.41, 5.74) is -0.788. The summed E-state index contributed by atoms with van der Waals surface area (Å²) >= 11 is 0. The number of amides is 1. The number of hydrogen-bond acceptors (Lipinski definition) is 2. The van der Waals surface area contributed by atoms with Gasteiger partial charge in [0.15, 0.2) is 0 Å². The molecule has 98 valence electrons. The maximum absolute atomic E-state index is 12.5. The number of rotatable bonds is 4. The molecule has 2 aliphatic carbocycles. The maximum atomic E-state index is 12.5. The van der Waals surface area contributed by atoms with Crippen molar-refractivity contribution in [3.63, 3.8) is 0 Å². The minimum atomic E-state index is -0.788. The molecule has 0 saturated heterocycles. The molecule has 0 aliphatic heterocycles. The molecule has 3 heteroatoms. The molecule has 3 nitrogen and oxygen atoms in total. The number of carbonyl (C=O) groups excluding carboxylic acids is 1. The molecule has 0 spiro atoms. The first-order valence-corrected chi connectivity index (χ1v) is 6.92. The summed E-state index contributed by atoms with van der Waals surface area (Å²) in [7, 11) is 0. The highest BCUT2D eigenvalue weighted by Gasteiger charge is 2.44. The van der Waals surface area contributed by atoms with Crippen LogP contribution < -0.4 is 0 Å². The second-order valence-corrected chi connectivity index (χ2v) is 6.45. The van der Waals surface area contributed by atoms with Gasteiger partial charge in [0.05, 0.1) is 5.60 Å². The molecular formula is C14H25NO2. The maximum Gasteiger partial charge on any atom is 0.226 e. The van der Waals surface area contributed by atoms with Gasteiger partial charge < -0.3 is 10.0 Å². The minimum absolute atomic E-state index is 0.246. The average molecular weight is 239 g/mol. The molecule has 2 fully saturated rings. The number of fused-ring (bicyclic) bond motifs is 2. The van der Waals surface area contributed by atoms with Crippen molar-refractivity contribution in [2.45, 2.75) is 52.1 Å². The van der Waals surface area contributed by atoms with Crippen LogP contribution in [0.3, 0.4) is 0 Å². The summed E-state index contributed by atoms with van der Waals surface area (Å²) in [5, 5.41) is 9.85. The molecule has 1 amide bonds. The number of nitrogens with zero attached hydrogens (tertiary/aromatic N) is 1. The van der Waals surface area contributed by atoms with Crippen molar-refractivity contribution >= 4 is 5.91 Å². The van der Waals surface area contributed by atoms with E-state index >= 15 is 0 Å². The molecule has 3 unspecified atom stereocenters. The van der Waals surface area contributed by atoms with Gasteiger partial charge in [0, 0.05) is 19.0 Å². The fourth-order valence-corrected chi connectivity index (χ4v) is 3.59. The molecule has 2 aliphatic rings. The first-order valence-electron chi connectivity index (χ1n) is 6.92. The number of likely N-dealkylation sites (N-methyl/N-ethyl adjacent to an activating group) is 1. The lowest BCUT2D eigenvalue weighted by Gasteiger charge is -2.32. The zero-order chi connectivity index (χ0) is 12.6. The fourth-order valence-electron chi connectivity index (χ4n) is 3.59. The van der Waals surface area contributed by atoms with Crippen LogP contribution in [-0.4, -0.2) is 34.6 Å². The van der Waals surface area contributed by atoms with Crippen LogP contribution in [0.15, 0.2) is 0 Å². The zero-order valence-electron chi connectivity index (χ0n) is 11.3. The van der Waals surface area contributed by atoms with Crippen LogP contribution in [0.1, 0.15) is 46.5 Å². The van der Waals surface area contributed by atoms with E-state index in [-0.39, 0.29) is 11.8 Å². The highest BCUT2D eigenvalue weighted by molar-refractivity contribution is 5.79. The van der Waals surface area contributed by atoms with Gasteiger partial charge in [0.25, 0.3) is 0 Å². The van der Waals surface area contributed by atoms with Gasteiger partial charge in [0.1, 0.15) is 0 Å². The van der Waals surface area contributed by atoms with E-state index in [0.717, 1.165) is 12.3 Å². The third-order valence-corrected chi connectivity index (χ3v) is 4.33. The SMILES string of the molecule is CCN(CC(C)(C)O)C(=O)C1CC2CCC1C2. The first kappa shape index (κ1) is 12.9. The number of carbonyl (C=O) groups is 1. The van der Waals surface area contributed by atoms with E-state index in [9.17, 15) is 9.90 Å². The molecule has 2 bridgehead atoms. The second-order valence-electron chi connectivity index (χ2n) is 6.45. The van der Waals surface area contributed by atoms with Gasteiger partial charge in [-0.25, -0.2) is 0 Å². The summed E-state index contributed by atoms with van der Waals surface area (Å²) in [6, 6.07) is 0. The third kappa shape index (κ3) is 2.82. The molecule has 2 saturated carbocycles. The van der Waals surface area contributed by atoms with Crippen molar-refractivity contribution in [3.8, 4) is 0 Å². The van der Waals surface area contributed by atoms with Gasteiger partial charge in [0.2, 0.25) is 5.91 Å². The van der Waals surface area contributed by atoms with Crippen LogP contribution in [0.5, 0.6) is 0 Å². The first-order chi connectivity index (χ1) is 7.90. The largest absolute Gasteiger partial charge is 0.389 e. The van der Waals surface area contributed by atoms with Crippen molar-refractivity contribution in [2.24, 2.45) is 17.8 Å². The molecule has 17 heavy (non-hydrogen) atoms. The van der Waals surface area contributed by atoms with E-state index in [1.165, 1.54) is 19.3 Å². The van der Waals surface area contributed by atoms with Crippen LogP contribution in [0.25, 0.3) is 0 Å². The Morgan fingerprint density at radius 3 is 2.47 bits per heavy atom. The average Bonchev–Trinajstić information content (AvgIpc) is 2.85. The van der Waals surface area contributed by atoms with Gasteiger partial charge in [-0.1, -0.05) is 6.42 Å². The lowest BCUT2D eigenvalue weighted by Crippen LogP contribution is -2.45. The number of hydrogen-bond donors (Lipinski definition) is 1. The standard InChI is InChI=1S/C14H25NO2/c1-4-15(9-14(2,3)17)13(16)12-8-10-5-6-11(12)7-10/h10-12,17H,4-9H2,1-3H3. The van der Waals surface area contributed by atoms with Crippen LogP contribution in [-0.2, 0) is 4.79 Å². The molecule has 1 N–H and O–H groups in total. The van der Waals surface area contributed by atoms with Crippen LogP contribution in [0.2, 0.25) is 0 Å². The second kappa shape index (κ2) is 4.60. The summed E-state index contributed by atoms with van der Waals surface area (Å²) in [6.07, 6.45) is 4.91. The normalized spacial score (nSPS) is 31.9. The van der Waals surface area contributed by atoms with Crippen molar-refractivity contribution in [2.75, 3.05) is 13.1 Å². The van der Waals surface area contributed by atoms with Crippen molar-refractivity contribution < 1.29 is 9.90 Å². The molecule has 2 rings (SSSR count). The van der Waals surface area contributed by atoms with E-state index in [2.05, 4.69) is 0 Å². The minimum Gasteiger partial charge on any atom is -0.389 e. The molecule has 0 radical (unpaired) electrons. The summed E-state index contributed by atoms with van der Waals surface area (Å²) in [6.45, 7) is 6.69. The van der Waals surface area contributed by atoms with Gasteiger partial charge in [-0.15, -0.1) is 0 Å². The van der Waals surface area contributed by atoms with Gasteiger partial charge in [-0.2, -0.15) is 0 Å². The highest BCUT2D eigenvalue weighted by Crippen LogP contribution is 2.48. The lowest BCUT2D eigenvalue weighted by atomic mass is 9.87. The highest BCUT2D eigenvalue weighted by atomic mass is 16.3. The molecule has 0 heterocycles. The molecule has 3 atom stereocenters. The van der Waals surface area contributed by atoms with Gasteiger partial charge in [-0.05, 0) is 51.9 Å². The van der Waals surface area contributed by atoms with Gasteiger partial charge in [-0.3, -0.25) is 4.79 Å². The molecule has 0 aromatic carbocycles. The topological polar surface area (TPSA) is 40.5 Å². The van der Waals surface area contributed by atoms with Crippen LogP contribution in [0.4, 0.5) is 0 Å². The quantitative estimate of drug-likeness (QED) is 0.815. The number of aliphatic hydroxyl groups is 1. The van der Waals surface area contributed by atoms with Crippen molar-refractivity contribution in [3.05, 3.63) is 0 Å². The van der Waals surface area contributed by atoms with E-state index in [1.807, 2.05) is 11.8 Å². The van der Waals surface area contributed by atoms with Crippen molar-refractivity contribution in [1.29, 1.82) is 0 Å². The molecular weight excluding hydrogens is 214 g/mol. The summed E-state index contributed by atoms with van der Waals surface area (Å²) in [5.74, 6) is 1.95. The van der Waals surface area contributed by atoms with Gasteiger partial charge >= 0.3 is 0 Å². The third-order valence-electron chi connectivity index (χ3n) is 4.33. The molecule has 0 aromatic rings. The van der Waals surface area contributed by atoms with Crippen LogP contribution in [0, 0.1) is 17.8 Å².